The predicted octanol–water partition coefficient (Wildman–Crippen LogP) is 6.66. The zero-order chi connectivity index (χ0) is 19.0. The maximum absolute atomic E-state index is 12.3. The summed E-state index contributed by atoms with van der Waals surface area (Å²) in [4.78, 5) is 23.8. The molecule has 0 saturated carbocycles. The Hall–Kier alpha value is -1.64. The van der Waals surface area contributed by atoms with Gasteiger partial charge in [-0.25, -0.2) is 0 Å². The molecule has 0 radical (unpaired) electrons. The van der Waals surface area contributed by atoms with Crippen LogP contribution < -0.4 is 0 Å². The van der Waals surface area contributed by atoms with Gasteiger partial charge in [-0.3, -0.25) is 9.59 Å². The first-order chi connectivity index (χ1) is 12.7. The second kappa shape index (κ2) is 14.5. The van der Waals surface area contributed by atoms with Gasteiger partial charge >= 0.3 is 5.97 Å². The summed E-state index contributed by atoms with van der Waals surface area (Å²) >= 11 is 0. The topological polar surface area (TPSA) is 54.4 Å². The van der Waals surface area contributed by atoms with Gasteiger partial charge < -0.3 is 5.11 Å². The fraction of sp³-hybridized carbons (Fsp3) is 0.652. The standard InChI is InChI=1S/C23H36O3/c1-2-3-4-5-6-7-8-9-10-11-12-16-19-21(23(25)26)22(24)20-17-14-13-15-18-20/h13-15,17-18,21H,2-12,16,19H2,1H3,(H,25,26). The Morgan fingerprint density at radius 1 is 0.769 bits per heavy atom. The normalized spacial score (nSPS) is 12.0. The number of carbonyl (C=O) groups excluding carboxylic acids is 1. The van der Waals surface area contributed by atoms with Gasteiger partial charge in [0.2, 0.25) is 0 Å². The summed E-state index contributed by atoms with van der Waals surface area (Å²) in [6.07, 6.45) is 15.4. The maximum atomic E-state index is 12.3. The fourth-order valence-electron chi connectivity index (χ4n) is 3.36. The molecule has 26 heavy (non-hydrogen) atoms. The van der Waals surface area contributed by atoms with Crippen molar-refractivity contribution in [1.82, 2.24) is 0 Å². The van der Waals surface area contributed by atoms with Crippen molar-refractivity contribution in [2.75, 3.05) is 0 Å². The first-order valence-electron chi connectivity index (χ1n) is 10.5. The lowest BCUT2D eigenvalue weighted by atomic mass is 9.92. The summed E-state index contributed by atoms with van der Waals surface area (Å²) in [5, 5.41) is 9.36. The average Bonchev–Trinajstić information content (AvgIpc) is 2.65. The van der Waals surface area contributed by atoms with Gasteiger partial charge in [-0.05, 0) is 6.42 Å². The van der Waals surface area contributed by atoms with Gasteiger partial charge in [0.15, 0.2) is 5.78 Å². The summed E-state index contributed by atoms with van der Waals surface area (Å²) in [7, 11) is 0. The van der Waals surface area contributed by atoms with Crippen molar-refractivity contribution in [3.8, 4) is 0 Å². The minimum absolute atomic E-state index is 0.263. The van der Waals surface area contributed by atoms with Crippen molar-refractivity contribution in [3.63, 3.8) is 0 Å². The highest BCUT2D eigenvalue weighted by molar-refractivity contribution is 6.08. The van der Waals surface area contributed by atoms with Gasteiger partial charge in [0.25, 0.3) is 0 Å². The summed E-state index contributed by atoms with van der Waals surface area (Å²) in [6, 6.07) is 8.77. The summed E-state index contributed by atoms with van der Waals surface area (Å²) in [5.41, 5.74) is 0.499. The molecule has 0 aliphatic carbocycles. The van der Waals surface area contributed by atoms with E-state index in [2.05, 4.69) is 6.92 Å². The van der Waals surface area contributed by atoms with E-state index in [1.54, 1.807) is 24.3 Å². The molecule has 1 atom stereocenters. The van der Waals surface area contributed by atoms with Crippen molar-refractivity contribution in [2.45, 2.75) is 90.4 Å². The lowest BCUT2D eigenvalue weighted by molar-refractivity contribution is -0.140. The number of rotatable bonds is 16. The second-order valence-electron chi connectivity index (χ2n) is 7.30. The van der Waals surface area contributed by atoms with Crippen LogP contribution in [-0.4, -0.2) is 16.9 Å². The van der Waals surface area contributed by atoms with Crippen molar-refractivity contribution >= 4 is 11.8 Å². The number of aliphatic carboxylic acids is 1. The van der Waals surface area contributed by atoms with Crippen molar-refractivity contribution in [1.29, 1.82) is 0 Å². The SMILES string of the molecule is CCCCCCCCCCCCCCC(C(=O)O)C(=O)c1ccccc1. The van der Waals surface area contributed by atoms with Crippen LogP contribution >= 0.6 is 0 Å². The molecule has 0 amide bonds. The van der Waals surface area contributed by atoms with E-state index in [-0.39, 0.29) is 5.78 Å². The van der Waals surface area contributed by atoms with Crippen molar-refractivity contribution in [2.24, 2.45) is 5.92 Å². The molecule has 0 heterocycles. The van der Waals surface area contributed by atoms with Crippen molar-refractivity contribution in [3.05, 3.63) is 35.9 Å². The van der Waals surface area contributed by atoms with E-state index in [1.807, 2.05) is 6.07 Å². The highest BCUT2D eigenvalue weighted by Crippen LogP contribution is 2.18. The molecule has 1 aromatic carbocycles. The monoisotopic (exact) mass is 360 g/mol. The molecule has 0 saturated heterocycles. The quantitative estimate of drug-likeness (QED) is 0.204. The number of carboxylic acids is 1. The highest BCUT2D eigenvalue weighted by atomic mass is 16.4. The van der Waals surface area contributed by atoms with E-state index in [9.17, 15) is 14.7 Å². The fourth-order valence-corrected chi connectivity index (χ4v) is 3.36. The Kier molecular flexibility index (Phi) is 12.5. The first-order valence-corrected chi connectivity index (χ1v) is 10.5. The van der Waals surface area contributed by atoms with E-state index in [0.29, 0.717) is 12.0 Å². The Bertz CT molecular complexity index is 495. The number of carboxylic acid groups (broad SMARTS) is 1. The third-order valence-electron chi connectivity index (χ3n) is 5.02. The Labute approximate surface area is 159 Å². The summed E-state index contributed by atoms with van der Waals surface area (Å²) < 4.78 is 0. The molecule has 0 aliphatic rings. The molecule has 1 N–H and O–H groups in total. The molecule has 0 bridgehead atoms. The Morgan fingerprint density at radius 2 is 1.23 bits per heavy atom. The van der Waals surface area contributed by atoms with E-state index in [0.717, 1.165) is 19.3 Å². The molecule has 1 rings (SSSR count). The average molecular weight is 361 g/mol. The lowest BCUT2D eigenvalue weighted by Crippen LogP contribution is -2.23. The molecule has 1 unspecified atom stereocenters. The van der Waals surface area contributed by atoms with Crippen LogP contribution in [-0.2, 0) is 4.79 Å². The van der Waals surface area contributed by atoms with Gasteiger partial charge in [-0.15, -0.1) is 0 Å². The minimum Gasteiger partial charge on any atom is -0.481 e. The number of ketones is 1. The summed E-state index contributed by atoms with van der Waals surface area (Å²) in [5.74, 6) is -2.16. The largest absolute Gasteiger partial charge is 0.481 e. The van der Waals surface area contributed by atoms with E-state index < -0.39 is 11.9 Å². The van der Waals surface area contributed by atoms with Crippen LogP contribution in [0.2, 0.25) is 0 Å². The van der Waals surface area contributed by atoms with E-state index >= 15 is 0 Å². The maximum Gasteiger partial charge on any atom is 0.314 e. The van der Waals surface area contributed by atoms with Crippen LogP contribution in [0.5, 0.6) is 0 Å². The first kappa shape index (κ1) is 22.4. The third kappa shape index (κ3) is 9.74. The molecule has 0 aromatic heterocycles. The van der Waals surface area contributed by atoms with Gasteiger partial charge in [-0.2, -0.15) is 0 Å². The molecule has 146 valence electrons. The van der Waals surface area contributed by atoms with Crippen molar-refractivity contribution < 1.29 is 14.7 Å². The molecule has 3 nitrogen and oxygen atoms in total. The molecular formula is C23H36O3. The van der Waals surface area contributed by atoms with Crippen LogP contribution in [0.3, 0.4) is 0 Å². The number of unbranched alkanes of at least 4 members (excludes halogenated alkanes) is 11. The Balaban J connectivity index is 2.09. The van der Waals surface area contributed by atoms with Crippen LogP contribution in [0.25, 0.3) is 0 Å². The van der Waals surface area contributed by atoms with Gasteiger partial charge in [-0.1, -0.05) is 114 Å². The molecule has 3 heteroatoms. The van der Waals surface area contributed by atoms with Crippen LogP contribution in [0.1, 0.15) is 101 Å². The molecule has 0 aliphatic heterocycles. The highest BCUT2D eigenvalue weighted by Gasteiger charge is 2.26. The van der Waals surface area contributed by atoms with E-state index in [1.165, 1.54) is 57.8 Å². The lowest BCUT2D eigenvalue weighted by Gasteiger charge is -2.11. The molecule has 0 fully saturated rings. The number of hydrogen-bond acceptors (Lipinski definition) is 2. The second-order valence-corrected chi connectivity index (χ2v) is 7.30. The molecule has 0 spiro atoms. The minimum atomic E-state index is -0.998. The summed E-state index contributed by atoms with van der Waals surface area (Å²) in [6.45, 7) is 2.25. The van der Waals surface area contributed by atoms with Gasteiger partial charge in [0.1, 0.15) is 5.92 Å². The smallest absolute Gasteiger partial charge is 0.314 e. The van der Waals surface area contributed by atoms with Crippen LogP contribution in [0, 0.1) is 5.92 Å². The third-order valence-corrected chi connectivity index (χ3v) is 5.02. The van der Waals surface area contributed by atoms with E-state index in [4.69, 9.17) is 0 Å². The number of Topliss-reactive ketones (excluding diaryl/α,β-unsaturated/α-hetero) is 1. The number of hydrogen-bond donors (Lipinski definition) is 1. The Morgan fingerprint density at radius 3 is 1.69 bits per heavy atom. The molecule has 1 aromatic rings. The predicted molar refractivity (Wildman–Crippen MR) is 108 cm³/mol. The zero-order valence-electron chi connectivity index (χ0n) is 16.4. The number of carbonyl (C=O) groups is 2. The van der Waals surface area contributed by atoms with Crippen LogP contribution in [0.4, 0.5) is 0 Å². The van der Waals surface area contributed by atoms with Crippen LogP contribution in [0.15, 0.2) is 30.3 Å². The van der Waals surface area contributed by atoms with Gasteiger partial charge in [0.05, 0.1) is 0 Å². The number of benzene rings is 1. The van der Waals surface area contributed by atoms with Gasteiger partial charge in [0, 0.05) is 5.56 Å². The molecular weight excluding hydrogens is 324 g/mol. The zero-order valence-corrected chi connectivity index (χ0v) is 16.4.